The van der Waals surface area contributed by atoms with Crippen LogP contribution in [0.25, 0.3) is 0 Å². The molecule has 1 heterocycles. The van der Waals surface area contributed by atoms with Crippen molar-refractivity contribution < 1.29 is 17.9 Å². The second-order valence-corrected chi connectivity index (χ2v) is 5.46. The molecule has 6 heteroatoms. The number of hydrogen-bond acceptors (Lipinski definition) is 3. The van der Waals surface area contributed by atoms with Crippen LogP contribution >= 0.6 is 0 Å². The average Bonchev–Trinajstić information content (AvgIpc) is 2.81. The monoisotopic (exact) mass is 288 g/mol. The van der Waals surface area contributed by atoms with Gasteiger partial charge in [-0.2, -0.15) is 8.78 Å². The van der Waals surface area contributed by atoms with E-state index >= 15 is 0 Å². The molecule has 2 N–H and O–H groups in total. The second-order valence-electron chi connectivity index (χ2n) is 5.46. The summed E-state index contributed by atoms with van der Waals surface area (Å²) in [6.07, 6.45) is 1.01. The molecule has 20 heavy (non-hydrogen) atoms. The van der Waals surface area contributed by atoms with Crippen LogP contribution in [0.4, 0.5) is 24.5 Å². The number of nitrogens with two attached hydrogens (primary N) is 1. The van der Waals surface area contributed by atoms with Crippen LogP contribution in [-0.2, 0) is 0 Å². The fourth-order valence-corrected chi connectivity index (χ4v) is 2.57. The van der Waals surface area contributed by atoms with Gasteiger partial charge in [0.1, 0.15) is 0 Å². The smallest absolute Gasteiger partial charge is 0.387 e. The van der Waals surface area contributed by atoms with Crippen molar-refractivity contribution in [1.82, 2.24) is 0 Å². The summed E-state index contributed by atoms with van der Waals surface area (Å²) in [5.41, 5.74) is 6.60. The molecule has 0 saturated carbocycles. The molecule has 112 valence electrons. The summed E-state index contributed by atoms with van der Waals surface area (Å²) >= 11 is 0. The Balaban J connectivity index is 2.23. The van der Waals surface area contributed by atoms with Crippen molar-refractivity contribution in [2.45, 2.75) is 26.9 Å². The van der Waals surface area contributed by atoms with Crippen LogP contribution in [0.1, 0.15) is 20.3 Å². The molecule has 2 rings (SSSR count). The number of halogens is 3. The minimum absolute atomic E-state index is 0.244. The van der Waals surface area contributed by atoms with Crippen LogP contribution in [0, 0.1) is 17.7 Å². The number of alkyl halides is 2. The standard InChI is InChI=1S/C14H19F3N2O/c1-8(2)9-3-4-19(7-9)12-6-13(20-14(16)17)10(15)5-11(12)18/h5-6,8-9,14H,3-4,7,18H2,1-2H3. The molecule has 0 radical (unpaired) electrons. The van der Waals surface area contributed by atoms with Crippen molar-refractivity contribution in [2.24, 2.45) is 11.8 Å². The maximum absolute atomic E-state index is 13.5. The van der Waals surface area contributed by atoms with Gasteiger partial charge in [0.25, 0.3) is 0 Å². The van der Waals surface area contributed by atoms with Crippen molar-refractivity contribution >= 4 is 11.4 Å². The predicted octanol–water partition coefficient (Wildman–Crippen LogP) is 3.49. The van der Waals surface area contributed by atoms with E-state index in [1.54, 1.807) is 0 Å². The number of nitrogens with zero attached hydrogens (tertiary/aromatic N) is 1. The Bertz CT molecular complexity index is 480. The molecule has 0 spiro atoms. The Morgan fingerprint density at radius 2 is 2.05 bits per heavy atom. The number of anilines is 2. The van der Waals surface area contributed by atoms with Gasteiger partial charge in [-0.25, -0.2) is 4.39 Å². The quantitative estimate of drug-likeness (QED) is 0.862. The van der Waals surface area contributed by atoms with Gasteiger partial charge in [-0.3, -0.25) is 0 Å². The topological polar surface area (TPSA) is 38.5 Å². The van der Waals surface area contributed by atoms with Crippen LogP contribution in [0.15, 0.2) is 12.1 Å². The average molecular weight is 288 g/mol. The van der Waals surface area contributed by atoms with Crippen molar-refractivity contribution in [3.63, 3.8) is 0 Å². The first kappa shape index (κ1) is 14.8. The van der Waals surface area contributed by atoms with E-state index in [9.17, 15) is 13.2 Å². The zero-order valence-electron chi connectivity index (χ0n) is 11.6. The van der Waals surface area contributed by atoms with Crippen molar-refractivity contribution in [1.29, 1.82) is 0 Å². The van der Waals surface area contributed by atoms with Crippen LogP contribution in [0.3, 0.4) is 0 Å². The molecule has 1 aliphatic heterocycles. The Kier molecular flexibility index (Phi) is 4.30. The van der Waals surface area contributed by atoms with Crippen molar-refractivity contribution in [3.8, 4) is 5.75 Å². The molecular formula is C14H19F3N2O. The van der Waals surface area contributed by atoms with Gasteiger partial charge in [-0.1, -0.05) is 13.8 Å². The summed E-state index contributed by atoms with van der Waals surface area (Å²) in [6.45, 7) is 2.82. The molecule has 0 aliphatic carbocycles. The van der Waals surface area contributed by atoms with E-state index in [-0.39, 0.29) is 5.69 Å². The fraction of sp³-hybridized carbons (Fsp3) is 0.571. The number of ether oxygens (including phenoxy) is 1. The van der Waals surface area contributed by atoms with Gasteiger partial charge >= 0.3 is 6.61 Å². The molecule has 1 aliphatic rings. The lowest BCUT2D eigenvalue weighted by atomic mass is 9.95. The Hall–Kier alpha value is -1.59. The second kappa shape index (κ2) is 5.81. The van der Waals surface area contributed by atoms with Gasteiger partial charge < -0.3 is 15.4 Å². The maximum atomic E-state index is 13.5. The summed E-state index contributed by atoms with van der Waals surface area (Å²) in [5.74, 6) is -0.263. The molecule has 0 amide bonds. The summed E-state index contributed by atoms with van der Waals surface area (Å²) in [6, 6.07) is 2.30. The molecule has 1 fully saturated rings. The third-order valence-corrected chi connectivity index (χ3v) is 3.81. The van der Waals surface area contributed by atoms with Crippen LogP contribution in [0.5, 0.6) is 5.75 Å². The van der Waals surface area contributed by atoms with Gasteiger partial charge in [0, 0.05) is 25.2 Å². The number of hydrogen-bond donors (Lipinski definition) is 1. The highest BCUT2D eigenvalue weighted by molar-refractivity contribution is 5.70. The van der Waals surface area contributed by atoms with Gasteiger partial charge in [0.05, 0.1) is 11.4 Å². The Morgan fingerprint density at radius 3 is 2.60 bits per heavy atom. The molecule has 1 aromatic carbocycles. The minimum Gasteiger partial charge on any atom is -0.432 e. The van der Waals surface area contributed by atoms with E-state index in [4.69, 9.17) is 5.73 Å². The number of rotatable bonds is 4. The highest BCUT2D eigenvalue weighted by Crippen LogP contribution is 2.36. The zero-order valence-corrected chi connectivity index (χ0v) is 11.6. The third kappa shape index (κ3) is 3.11. The summed E-state index contributed by atoms with van der Waals surface area (Å²) in [4.78, 5) is 2.00. The van der Waals surface area contributed by atoms with E-state index in [1.165, 1.54) is 6.07 Å². The predicted molar refractivity (Wildman–Crippen MR) is 72.6 cm³/mol. The van der Waals surface area contributed by atoms with E-state index < -0.39 is 18.2 Å². The largest absolute Gasteiger partial charge is 0.432 e. The normalized spacial score (nSPS) is 19.1. The summed E-state index contributed by atoms with van der Waals surface area (Å²) in [7, 11) is 0. The van der Waals surface area contributed by atoms with Gasteiger partial charge in [-0.05, 0) is 18.3 Å². The number of nitrogen functional groups attached to an aromatic ring is 1. The lowest BCUT2D eigenvalue weighted by Crippen LogP contribution is -2.22. The zero-order chi connectivity index (χ0) is 14.9. The SMILES string of the molecule is CC(C)C1CCN(c2cc(OC(F)F)c(F)cc2N)C1. The van der Waals surface area contributed by atoms with Crippen molar-refractivity contribution in [2.75, 3.05) is 23.7 Å². The van der Waals surface area contributed by atoms with Gasteiger partial charge in [0.15, 0.2) is 11.6 Å². The minimum atomic E-state index is -3.05. The highest BCUT2D eigenvalue weighted by Gasteiger charge is 2.27. The molecular weight excluding hydrogens is 269 g/mol. The van der Waals surface area contributed by atoms with E-state index in [0.29, 0.717) is 17.5 Å². The molecule has 0 aromatic heterocycles. The first-order chi connectivity index (χ1) is 9.38. The lowest BCUT2D eigenvalue weighted by molar-refractivity contribution is -0.0521. The molecule has 1 saturated heterocycles. The molecule has 0 bridgehead atoms. The molecule has 1 aromatic rings. The van der Waals surface area contributed by atoms with Gasteiger partial charge in [0.2, 0.25) is 0 Å². The molecule has 1 unspecified atom stereocenters. The number of benzene rings is 1. The Labute approximate surface area is 116 Å². The first-order valence-corrected chi connectivity index (χ1v) is 6.67. The highest BCUT2D eigenvalue weighted by atomic mass is 19.3. The van der Waals surface area contributed by atoms with E-state index in [0.717, 1.165) is 25.6 Å². The lowest BCUT2D eigenvalue weighted by Gasteiger charge is -2.22. The van der Waals surface area contributed by atoms with Crippen molar-refractivity contribution in [3.05, 3.63) is 17.9 Å². The molecule has 3 nitrogen and oxygen atoms in total. The van der Waals surface area contributed by atoms with Crippen LogP contribution in [-0.4, -0.2) is 19.7 Å². The van der Waals surface area contributed by atoms with Crippen LogP contribution < -0.4 is 15.4 Å². The van der Waals surface area contributed by atoms with Gasteiger partial charge in [-0.15, -0.1) is 0 Å². The van der Waals surface area contributed by atoms with E-state index in [2.05, 4.69) is 18.6 Å². The summed E-state index contributed by atoms with van der Waals surface area (Å²) < 4.78 is 42.2. The fourth-order valence-electron chi connectivity index (χ4n) is 2.57. The molecule has 1 atom stereocenters. The first-order valence-electron chi connectivity index (χ1n) is 6.67. The summed E-state index contributed by atoms with van der Waals surface area (Å²) in [5, 5.41) is 0. The van der Waals surface area contributed by atoms with Crippen LogP contribution in [0.2, 0.25) is 0 Å². The maximum Gasteiger partial charge on any atom is 0.387 e. The van der Waals surface area contributed by atoms with E-state index in [1.807, 2.05) is 4.90 Å². The Morgan fingerprint density at radius 1 is 1.35 bits per heavy atom. The third-order valence-electron chi connectivity index (χ3n) is 3.81.